The second-order valence-electron chi connectivity index (χ2n) is 11.4. The van der Waals surface area contributed by atoms with Crippen LogP contribution in [0.2, 0.25) is 0 Å². The van der Waals surface area contributed by atoms with Gasteiger partial charge in [-0.05, 0) is 94.1 Å². The lowest BCUT2D eigenvalue weighted by molar-refractivity contribution is -0.147. The van der Waals surface area contributed by atoms with Crippen LogP contribution in [0.15, 0.2) is 23.8 Å². The molecule has 164 valence electrons. The average molecular weight is 413 g/mol. The molecule has 0 aromatic rings. The number of aliphatic carboxylic acids is 1. The van der Waals surface area contributed by atoms with Gasteiger partial charge in [-0.15, -0.1) is 0 Å². The highest BCUT2D eigenvalue weighted by atomic mass is 16.4. The SMILES string of the molecule is CC(C)(CCC(=O)[C@H]1CC[C@H]2[C@@H]3CCC4=CC(=O)C=C[C@]4(C)[C@H]3CC[C@]12C)C(=O)O. The number of carbonyl (C=O) groups is 3. The first-order valence-corrected chi connectivity index (χ1v) is 11.7. The number of rotatable bonds is 5. The molecule has 0 unspecified atom stereocenters. The number of allylic oxidation sites excluding steroid dienone is 4. The minimum Gasteiger partial charge on any atom is -0.481 e. The third-order valence-corrected chi connectivity index (χ3v) is 9.52. The molecule has 0 aromatic heterocycles. The summed E-state index contributed by atoms with van der Waals surface area (Å²) >= 11 is 0. The average Bonchev–Trinajstić information content (AvgIpc) is 3.04. The lowest BCUT2D eigenvalue weighted by Crippen LogP contribution is -2.50. The van der Waals surface area contributed by atoms with Crippen LogP contribution in [-0.2, 0) is 14.4 Å². The van der Waals surface area contributed by atoms with Crippen molar-refractivity contribution in [3.63, 3.8) is 0 Å². The maximum Gasteiger partial charge on any atom is 0.309 e. The van der Waals surface area contributed by atoms with E-state index < -0.39 is 11.4 Å². The molecular formula is C26H36O4. The van der Waals surface area contributed by atoms with E-state index in [2.05, 4.69) is 19.9 Å². The summed E-state index contributed by atoms with van der Waals surface area (Å²) in [4.78, 5) is 36.5. The lowest BCUT2D eigenvalue weighted by Gasteiger charge is -2.57. The van der Waals surface area contributed by atoms with E-state index in [1.54, 1.807) is 19.9 Å². The molecule has 0 heterocycles. The Hall–Kier alpha value is -1.71. The standard InChI is InChI=1S/C26H36O4/c1-24(2,23(29)30)12-11-22(28)21-8-7-19-18-6-5-16-15-17(27)9-13-25(16,3)20(18)10-14-26(19,21)4/h9,13,15,18-21H,5-8,10-12,14H2,1-4H3,(H,29,30)/t18-,19-,20-,21+,25-,26-/m0/s1. The Bertz CT molecular complexity index is 834. The van der Waals surface area contributed by atoms with Crippen molar-refractivity contribution in [3.8, 4) is 0 Å². The van der Waals surface area contributed by atoms with E-state index in [1.807, 2.05) is 6.08 Å². The minimum atomic E-state index is -0.850. The number of carboxylic acids is 1. The monoisotopic (exact) mass is 412 g/mol. The number of carbonyl (C=O) groups excluding carboxylic acids is 2. The molecule has 30 heavy (non-hydrogen) atoms. The van der Waals surface area contributed by atoms with Crippen LogP contribution in [0, 0.1) is 39.9 Å². The molecule has 0 aliphatic heterocycles. The second kappa shape index (κ2) is 7.17. The molecule has 4 aliphatic rings. The van der Waals surface area contributed by atoms with Crippen molar-refractivity contribution in [1.82, 2.24) is 0 Å². The Morgan fingerprint density at radius 2 is 1.87 bits per heavy atom. The van der Waals surface area contributed by atoms with E-state index in [-0.39, 0.29) is 28.3 Å². The van der Waals surface area contributed by atoms with Crippen LogP contribution in [-0.4, -0.2) is 22.6 Å². The first-order chi connectivity index (χ1) is 14.0. The number of carboxylic acid groups (broad SMARTS) is 1. The third kappa shape index (κ3) is 3.22. The maximum atomic E-state index is 13.2. The van der Waals surface area contributed by atoms with E-state index in [0.29, 0.717) is 30.6 Å². The molecule has 0 radical (unpaired) electrons. The van der Waals surface area contributed by atoms with Gasteiger partial charge in [-0.2, -0.15) is 0 Å². The fourth-order valence-electron chi connectivity index (χ4n) is 7.44. The molecular weight excluding hydrogens is 376 g/mol. The van der Waals surface area contributed by atoms with Crippen LogP contribution in [0.4, 0.5) is 0 Å². The molecule has 3 fully saturated rings. The van der Waals surface area contributed by atoms with Gasteiger partial charge in [0.1, 0.15) is 5.78 Å². The molecule has 3 saturated carbocycles. The van der Waals surface area contributed by atoms with Gasteiger partial charge in [-0.1, -0.05) is 25.5 Å². The van der Waals surface area contributed by atoms with Crippen LogP contribution in [0.3, 0.4) is 0 Å². The highest BCUT2D eigenvalue weighted by molar-refractivity contribution is 6.01. The topological polar surface area (TPSA) is 71.4 Å². The summed E-state index contributed by atoms with van der Waals surface area (Å²) in [6, 6.07) is 0. The summed E-state index contributed by atoms with van der Waals surface area (Å²) in [7, 11) is 0. The Morgan fingerprint density at radius 3 is 2.57 bits per heavy atom. The smallest absolute Gasteiger partial charge is 0.309 e. The predicted octanol–water partition coefficient (Wildman–Crippen LogP) is 5.37. The highest BCUT2D eigenvalue weighted by Gasteiger charge is 2.59. The van der Waals surface area contributed by atoms with Gasteiger partial charge in [0.2, 0.25) is 0 Å². The summed E-state index contributed by atoms with van der Waals surface area (Å²) in [6.07, 6.45) is 12.9. The number of fused-ring (bicyclic) bond motifs is 5. The normalized spacial score (nSPS) is 40.3. The second-order valence-corrected chi connectivity index (χ2v) is 11.4. The molecule has 0 saturated heterocycles. The van der Waals surface area contributed by atoms with Gasteiger partial charge >= 0.3 is 5.97 Å². The fourth-order valence-corrected chi connectivity index (χ4v) is 7.44. The first-order valence-electron chi connectivity index (χ1n) is 11.7. The van der Waals surface area contributed by atoms with Gasteiger partial charge in [0, 0.05) is 17.8 Å². The maximum absolute atomic E-state index is 13.2. The molecule has 0 bridgehead atoms. The summed E-state index contributed by atoms with van der Waals surface area (Å²) in [5, 5.41) is 9.38. The first kappa shape index (κ1) is 21.5. The largest absolute Gasteiger partial charge is 0.481 e. The van der Waals surface area contributed by atoms with E-state index in [1.165, 1.54) is 5.57 Å². The zero-order chi connectivity index (χ0) is 21.9. The molecule has 0 spiro atoms. The van der Waals surface area contributed by atoms with Gasteiger partial charge < -0.3 is 5.11 Å². The van der Waals surface area contributed by atoms with E-state index in [9.17, 15) is 19.5 Å². The van der Waals surface area contributed by atoms with Crippen LogP contribution in [0.25, 0.3) is 0 Å². The number of hydrogen-bond acceptors (Lipinski definition) is 3. The van der Waals surface area contributed by atoms with E-state index in [0.717, 1.165) is 38.5 Å². The molecule has 4 nitrogen and oxygen atoms in total. The Labute approximate surface area is 180 Å². The van der Waals surface area contributed by atoms with E-state index >= 15 is 0 Å². The van der Waals surface area contributed by atoms with E-state index in [4.69, 9.17) is 0 Å². The van der Waals surface area contributed by atoms with Crippen LogP contribution in [0.5, 0.6) is 0 Å². The summed E-state index contributed by atoms with van der Waals surface area (Å²) < 4.78 is 0. The number of ketones is 2. The zero-order valence-corrected chi connectivity index (χ0v) is 18.9. The number of Topliss-reactive ketones (excluding diaryl/α,β-unsaturated/α-hetero) is 1. The van der Waals surface area contributed by atoms with Crippen LogP contribution >= 0.6 is 0 Å². The van der Waals surface area contributed by atoms with Gasteiger partial charge in [0.05, 0.1) is 5.41 Å². The molecule has 0 aromatic carbocycles. The van der Waals surface area contributed by atoms with Crippen LogP contribution in [0.1, 0.15) is 79.1 Å². The number of hydrogen-bond donors (Lipinski definition) is 1. The van der Waals surface area contributed by atoms with Crippen molar-refractivity contribution in [2.24, 2.45) is 39.9 Å². The Balaban J connectivity index is 1.51. The Morgan fingerprint density at radius 1 is 1.13 bits per heavy atom. The van der Waals surface area contributed by atoms with Crippen molar-refractivity contribution >= 4 is 17.5 Å². The van der Waals surface area contributed by atoms with Gasteiger partial charge in [-0.3, -0.25) is 14.4 Å². The predicted molar refractivity (Wildman–Crippen MR) is 116 cm³/mol. The molecule has 4 rings (SSSR count). The molecule has 6 atom stereocenters. The minimum absolute atomic E-state index is 0.00817. The van der Waals surface area contributed by atoms with Crippen molar-refractivity contribution in [3.05, 3.63) is 23.8 Å². The van der Waals surface area contributed by atoms with Crippen molar-refractivity contribution in [1.29, 1.82) is 0 Å². The Kier molecular flexibility index (Phi) is 5.14. The van der Waals surface area contributed by atoms with Crippen molar-refractivity contribution < 1.29 is 19.5 Å². The summed E-state index contributed by atoms with van der Waals surface area (Å²) in [5.41, 5.74) is 0.488. The van der Waals surface area contributed by atoms with Gasteiger partial charge in [-0.25, -0.2) is 0 Å². The quantitative estimate of drug-likeness (QED) is 0.659. The molecule has 4 heteroatoms. The summed E-state index contributed by atoms with van der Waals surface area (Å²) in [5.74, 6) is 1.36. The van der Waals surface area contributed by atoms with Crippen LogP contribution < -0.4 is 0 Å². The third-order valence-electron chi connectivity index (χ3n) is 9.52. The lowest BCUT2D eigenvalue weighted by atomic mass is 9.47. The van der Waals surface area contributed by atoms with Crippen molar-refractivity contribution in [2.75, 3.05) is 0 Å². The molecule has 4 aliphatic carbocycles. The van der Waals surface area contributed by atoms with Crippen molar-refractivity contribution in [2.45, 2.75) is 79.1 Å². The van der Waals surface area contributed by atoms with Gasteiger partial charge in [0.25, 0.3) is 0 Å². The highest BCUT2D eigenvalue weighted by Crippen LogP contribution is 2.66. The molecule has 1 N–H and O–H groups in total. The van der Waals surface area contributed by atoms with Gasteiger partial charge in [0.15, 0.2) is 5.78 Å². The zero-order valence-electron chi connectivity index (χ0n) is 18.9. The summed E-state index contributed by atoms with van der Waals surface area (Å²) in [6.45, 7) is 8.07. The molecule has 0 amide bonds. The fraction of sp³-hybridized carbons (Fsp3) is 0.731.